The number of benzene rings is 3. The zero-order chi connectivity index (χ0) is 37.9. The molecule has 0 aliphatic rings. The smallest absolute Gasteiger partial charge is 0.327 e. The predicted octanol–water partition coefficient (Wildman–Crippen LogP) is 1.60. The molecule has 10 heteroatoms. The number of aromatic nitrogens is 2. The van der Waals surface area contributed by atoms with Crippen LogP contribution in [0.2, 0.25) is 0 Å². The number of pyridine rings is 2. The number of rotatable bonds is 11. The van der Waals surface area contributed by atoms with Gasteiger partial charge in [-0.15, -0.1) is 0 Å². The molecule has 0 saturated heterocycles. The minimum Gasteiger partial charge on any atom is -1.00 e. The molecule has 0 radical (unpaired) electrons. The van der Waals surface area contributed by atoms with Gasteiger partial charge in [0, 0.05) is 75.2 Å². The van der Waals surface area contributed by atoms with Crippen molar-refractivity contribution in [2.75, 3.05) is 0 Å². The van der Waals surface area contributed by atoms with Crippen molar-refractivity contribution < 1.29 is 90.5 Å². The third-order valence-electron chi connectivity index (χ3n) is 10.3. The molecule has 0 aliphatic carbocycles. The van der Waals surface area contributed by atoms with Crippen LogP contribution in [0.15, 0.2) is 85.2 Å². The first-order chi connectivity index (χ1) is 24.8. The topological polar surface area (TPSA) is 31.8 Å². The van der Waals surface area contributed by atoms with Gasteiger partial charge in [0.25, 0.3) is 0 Å². The van der Waals surface area contributed by atoms with Gasteiger partial charge in [-0.05, 0) is 130 Å². The van der Waals surface area contributed by atoms with Crippen LogP contribution in [0.1, 0.15) is 146 Å². The van der Waals surface area contributed by atoms with Crippen molar-refractivity contribution in [3.05, 3.63) is 119 Å². The summed E-state index contributed by atoms with van der Waals surface area (Å²) >= 11 is 0. The second kappa shape index (κ2) is 25.5. The molecule has 2 heterocycles. The van der Waals surface area contributed by atoms with Crippen LogP contribution >= 0.6 is 0 Å². The second-order valence-electron chi connectivity index (χ2n) is 15.7. The van der Waals surface area contributed by atoms with Gasteiger partial charge in [0.05, 0.1) is 12.4 Å². The van der Waals surface area contributed by atoms with E-state index in [9.17, 15) is 0 Å². The summed E-state index contributed by atoms with van der Waals surface area (Å²) in [5, 5.41) is 0. The molecular formula is C48H60Cl4N4Pd2-2. The molecule has 5 rings (SSSR count). The maximum atomic E-state index is 4.76. The van der Waals surface area contributed by atoms with E-state index in [4.69, 9.17) is 9.97 Å². The summed E-state index contributed by atoms with van der Waals surface area (Å²) in [5.41, 5.74) is 15.7. The third-order valence-corrected chi connectivity index (χ3v) is 10.3. The molecule has 3 aromatic carbocycles. The number of hydrogen-bond donors (Lipinski definition) is 0. The first kappa shape index (κ1) is 57.9. The van der Waals surface area contributed by atoms with E-state index in [0.29, 0.717) is 29.6 Å². The Morgan fingerprint density at radius 2 is 0.776 bits per heavy atom. The summed E-state index contributed by atoms with van der Waals surface area (Å²) in [7, 11) is 0. The second-order valence-corrected chi connectivity index (χ2v) is 15.7. The number of nitrogens with zero attached hydrogens (tertiary/aromatic N) is 4. The monoisotopic (exact) mass is 1040 g/mol. The normalized spacial score (nSPS) is 11.3. The number of hydrogen-bond acceptors (Lipinski definition) is 2. The van der Waals surface area contributed by atoms with Crippen molar-refractivity contribution in [1.82, 2.24) is 19.1 Å². The molecule has 0 unspecified atom stereocenters. The molecule has 5 aromatic rings. The summed E-state index contributed by atoms with van der Waals surface area (Å²) in [5.74, 6) is 3.53. The van der Waals surface area contributed by atoms with Crippen molar-refractivity contribution >= 4 is 35.4 Å². The minimum absolute atomic E-state index is 0. The fourth-order valence-electron chi connectivity index (χ4n) is 7.40. The molecule has 0 bridgehead atoms. The predicted molar refractivity (Wildman–Crippen MR) is 227 cm³/mol. The average Bonchev–Trinajstić information content (AvgIpc) is 3.12. The standard InChI is InChI=1S/C48H60N4.4ClH.2Pd/c1-14-51(45-20-16-18-22-49-45)47-39(31(5)6)26-37(27-40(47)32(7)8)43-24-36(30(3)4)25-44(35(43)13)38-28-41(33(9)10)48(42(29-38)34(11)12)52(15-2)46-21-17-19-23-50-46;;;;;;/h14-34H,1-13H3;4*1H;;/q+2;;;;;;/p-4. The van der Waals surface area contributed by atoms with Gasteiger partial charge in [-0.25, -0.2) is 9.15 Å². The molecule has 0 spiro atoms. The molecule has 0 saturated carbocycles. The van der Waals surface area contributed by atoms with Gasteiger partial charge in [-0.3, -0.25) is 0 Å². The van der Waals surface area contributed by atoms with Crippen LogP contribution in [0.25, 0.3) is 22.3 Å². The van der Waals surface area contributed by atoms with Crippen molar-refractivity contribution in [2.24, 2.45) is 0 Å². The molecule has 0 atom stereocenters. The van der Waals surface area contributed by atoms with Gasteiger partial charge in [0.2, 0.25) is 0 Å². The Morgan fingerprint density at radius 3 is 1.00 bits per heavy atom. The van der Waals surface area contributed by atoms with Crippen molar-refractivity contribution in [3.63, 3.8) is 0 Å². The minimum atomic E-state index is 0. The molecular weight excluding hydrogens is 987 g/mol. The fraction of sp³-hybridized carbons (Fsp3) is 0.375. The molecule has 0 amide bonds. The van der Waals surface area contributed by atoms with Crippen molar-refractivity contribution in [3.8, 4) is 22.3 Å². The van der Waals surface area contributed by atoms with Crippen LogP contribution in [0.3, 0.4) is 0 Å². The van der Waals surface area contributed by atoms with Crippen molar-refractivity contribution in [1.29, 1.82) is 0 Å². The van der Waals surface area contributed by atoms with E-state index >= 15 is 0 Å². The maximum absolute atomic E-state index is 4.76. The summed E-state index contributed by atoms with van der Waals surface area (Å²) < 4.78 is 4.56. The van der Waals surface area contributed by atoms with E-state index in [2.05, 4.69) is 172 Å². The Kier molecular flexibility index (Phi) is 25.5. The van der Waals surface area contributed by atoms with Crippen LogP contribution < -0.4 is 58.8 Å². The van der Waals surface area contributed by atoms with E-state index in [1.165, 1.54) is 67.0 Å². The summed E-state index contributed by atoms with van der Waals surface area (Å²) in [4.78, 5) is 9.53. The van der Waals surface area contributed by atoms with Crippen LogP contribution in [0.5, 0.6) is 0 Å². The van der Waals surface area contributed by atoms with Crippen LogP contribution in [-0.4, -0.2) is 22.4 Å². The first-order valence-electron chi connectivity index (χ1n) is 19.3. The summed E-state index contributed by atoms with van der Waals surface area (Å²) in [6.07, 6.45) is 8.08. The Hall–Kier alpha value is -2.22. The van der Waals surface area contributed by atoms with E-state index in [1.54, 1.807) is 0 Å². The zero-order valence-corrected chi connectivity index (χ0v) is 42.2. The quantitative estimate of drug-likeness (QED) is 0.115. The average molecular weight is 1050 g/mol. The van der Waals surface area contributed by atoms with Gasteiger partial charge in [0.15, 0.2) is 0 Å². The largest absolute Gasteiger partial charge is 1.00 e. The summed E-state index contributed by atoms with van der Waals surface area (Å²) in [6.45, 7) is 29.7. The van der Waals surface area contributed by atoms with Gasteiger partial charge in [-0.2, -0.15) is 0 Å². The number of halogens is 4. The summed E-state index contributed by atoms with van der Waals surface area (Å²) in [6, 6.07) is 27.0. The van der Waals surface area contributed by atoms with Gasteiger partial charge >= 0.3 is 11.6 Å². The van der Waals surface area contributed by atoms with Gasteiger partial charge in [0.1, 0.15) is 23.8 Å². The van der Waals surface area contributed by atoms with Crippen LogP contribution in [-0.2, 0) is 40.8 Å². The van der Waals surface area contributed by atoms with Crippen molar-refractivity contribution in [2.45, 2.75) is 120 Å². The maximum Gasteiger partial charge on any atom is 0.327 e. The molecule has 2 aromatic heterocycles. The van der Waals surface area contributed by atoms with E-state index in [0.717, 1.165) is 11.6 Å². The Morgan fingerprint density at radius 1 is 0.466 bits per heavy atom. The zero-order valence-electron chi connectivity index (χ0n) is 36.1. The molecule has 0 aliphatic heterocycles. The van der Waals surface area contributed by atoms with E-state index in [-0.39, 0.29) is 90.5 Å². The first-order valence-corrected chi connectivity index (χ1v) is 19.3. The van der Waals surface area contributed by atoms with E-state index in [1.807, 2.05) is 24.5 Å². The third kappa shape index (κ3) is 12.4. The molecule has 0 N–H and O–H groups in total. The Balaban J connectivity index is 0. The Bertz CT molecular complexity index is 1910. The Labute approximate surface area is 402 Å². The SMILES string of the molecule is CC=[N+](c1ccccn1)c1c(C(C)C)cc(-c2cc(C(C)C)cc(-c3cc(C(C)C)c([N+](=CC)c4ccccn4)c(C(C)C)c3)c2C)cc1C(C)C.[Cl-].[Cl-].[Cl-].[Cl-].[Pd].[Pd]. The van der Waals surface area contributed by atoms with Gasteiger partial charge in [-0.1, -0.05) is 93.5 Å². The molecule has 0 fully saturated rings. The van der Waals surface area contributed by atoms with Crippen LogP contribution in [0, 0.1) is 6.92 Å². The molecule has 4 nitrogen and oxygen atoms in total. The van der Waals surface area contributed by atoms with Crippen LogP contribution in [0.4, 0.5) is 23.0 Å². The van der Waals surface area contributed by atoms with Gasteiger partial charge < -0.3 is 49.6 Å². The molecule has 58 heavy (non-hydrogen) atoms. The fourth-order valence-corrected chi connectivity index (χ4v) is 7.40. The molecule has 322 valence electrons. The van der Waals surface area contributed by atoms with E-state index < -0.39 is 0 Å².